The average Bonchev–Trinajstić information content (AvgIpc) is 3.26. The third kappa shape index (κ3) is 5.28. The lowest BCUT2D eigenvalue weighted by molar-refractivity contribution is -0.147. The molecule has 158 valence electrons. The number of benzene rings is 1. The van der Waals surface area contributed by atoms with Gasteiger partial charge in [-0.15, -0.1) is 0 Å². The van der Waals surface area contributed by atoms with E-state index in [2.05, 4.69) is 0 Å². The average molecular weight is 470 g/mol. The number of unbranched alkanes of at least 4 members (excludes halogenated alkanes) is 1. The van der Waals surface area contributed by atoms with Crippen molar-refractivity contribution in [2.24, 2.45) is 0 Å². The molecule has 0 aliphatic carbocycles. The monoisotopic (exact) mass is 469 g/mol. The van der Waals surface area contributed by atoms with Crippen molar-refractivity contribution in [2.45, 2.75) is 25.4 Å². The highest BCUT2D eigenvalue weighted by atomic mass is 35.5. The van der Waals surface area contributed by atoms with Crippen LogP contribution in [0.2, 0.25) is 5.02 Å². The number of hydrogen-bond acceptors (Lipinski definition) is 6. The zero-order valence-electron chi connectivity index (χ0n) is 15.5. The van der Waals surface area contributed by atoms with E-state index in [9.17, 15) is 19.1 Å². The van der Waals surface area contributed by atoms with Crippen molar-refractivity contribution in [3.63, 3.8) is 0 Å². The number of aliphatic hydroxyl groups excluding tert-OH is 1. The topological polar surface area (TPSA) is 91.0 Å². The van der Waals surface area contributed by atoms with E-state index in [1.165, 1.54) is 17.0 Å². The normalized spacial score (nSPS) is 16.5. The zero-order valence-corrected chi connectivity index (χ0v) is 17.9. The molecule has 0 saturated carbocycles. The lowest BCUT2D eigenvalue weighted by Crippen LogP contribution is -2.29. The van der Waals surface area contributed by atoms with Crippen LogP contribution in [0.15, 0.2) is 39.7 Å². The molecule has 1 aliphatic heterocycles. The Morgan fingerprint density at radius 2 is 2.10 bits per heavy atom. The third-order valence-electron chi connectivity index (χ3n) is 4.37. The second-order valence-corrected chi connectivity index (χ2v) is 8.60. The first-order valence-corrected chi connectivity index (χ1v) is 10.6. The molecule has 3 rings (SSSR count). The van der Waals surface area contributed by atoms with Gasteiger partial charge in [0.1, 0.15) is 21.7 Å². The van der Waals surface area contributed by atoms with Crippen LogP contribution in [-0.2, 0) is 9.59 Å². The number of carboxylic acid groups (broad SMARTS) is 1. The molecule has 1 amide bonds. The molecule has 1 aromatic carbocycles. The summed E-state index contributed by atoms with van der Waals surface area (Å²) in [4.78, 5) is 25.1. The van der Waals surface area contributed by atoms with Crippen LogP contribution in [0, 0.1) is 5.82 Å². The molecule has 0 radical (unpaired) electrons. The number of halogens is 2. The van der Waals surface area contributed by atoms with Crippen LogP contribution < -0.4 is 0 Å². The van der Waals surface area contributed by atoms with Crippen LogP contribution in [0.1, 0.15) is 25.0 Å². The standard InChI is InChI=1S/C20H17ClFNO5S2/c21-13-6-4-11(9-14(13)22)16-7-5-12(28-16)10-17-18(25)23(20(29)30-17)8-2-1-3-15(24)19(26)27/h4-7,9-10,15,24H,1-3,8H2,(H,26,27). The summed E-state index contributed by atoms with van der Waals surface area (Å²) >= 11 is 12.1. The first-order chi connectivity index (χ1) is 14.3. The van der Waals surface area contributed by atoms with Crippen molar-refractivity contribution < 1.29 is 28.6 Å². The van der Waals surface area contributed by atoms with E-state index in [1.54, 1.807) is 24.3 Å². The molecule has 0 bridgehead atoms. The van der Waals surface area contributed by atoms with Gasteiger partial charge in [-0.05, 0) is 49.6 Å². The quantitative estimate of drug-likeness (QED) is 0.333. The Balaban J connectivity index is 1.63. The Morgan fingerprint density at radius 3 is 2.80 bits per heavy atom. The minimum atomic E-state index is -1.40. The maximum absolute atomic E-state index is 13.7. The molecule has 1 unspecified atom stereocenters. The maximum atomic E-state index is 13.7. The summed E-state index contributed by atoms with van der Waals surface area (Å²) in [6, 6.07) is 7.68. The fraction of sp³-hybridized carbons (Fsp3) is 0.250. The first-order valence-electron chi connectivity index (χ1n) is 8.98. The molecule has 30 heavy (non-hydrogen) atoms. The molecular formula is C20H17ClFNO5S2. The number of thioether (sulfide) groups is 1. The molecule has 1 aromatic heterocycles. The predicted octanol–water partition coefficient (Wildman–Crippen LogP) is 4.56. The highest BCUT2D eigenvalue weighted by Gasteiger charge is 2.31. The summed E-state index contributed by atoms with van der Waals surface area (Å²) in [6.07, 6.45) is 1.24. The molecule has 10 heteroatoms. The number of carboxylic acids is 1. The van der Waals surface area contributed by atoms with Gasteiger partial charge in [-0.3, -0.25) is 9.69 Å². The SMILES string of the molecule is O=C(O)C(O)CCCCN1C(=O)C(=Cc2ccc(-c3ccc(Cl)c(F)c3)o2)SC1=S. The summed E-state index contributed by atoms with van der Waals surface area (Å²) in [5, 5.41) is 18.0. The van der Waals surface area contributed by atoms with Crippen LogP contribution in [0.25, 0.3) is 17.4 Å². The van der Waals surface area contributed by atoms with Gasteiger partial charge in [0.25, 0.3) is 5.91 Å². The van der Waals surface area contributed by atoms with Crippen molar-refractivity contribution in [1.82, 2.24) is 4.90 Å². The Morgan fingerprint density at radius 1 is 1.33 bits per heavy atom. The summed E-state index contributed by atoms with van der Waals surface area (Å²) in [5.74, 6) is -1.22. The summed E-state index contributed by atoms with van der Waals surface area (Å²) in [7, 11) is 0. The minimum absolute atomic E-state index is 0.0201. The molecule has 2 N–H and O–H groups in total. The van der Waals surface area contributed by atoms with E-state index in [-0.39, 0.29) is 17.4 Å². The molecular weight excluding hydrogens is 453 g/mol. The molecule has 2 heterocycles. The predicted molar refractivity (Wildman–Crippen MR) is 116 cm³/mol. The first kappa shape index (κ1) is 22.5. The van der Waals surface area contributed by atoms with Gasteiger partial charge in [0, 0.05) is 18.2 Å². The fourth-order valence-corrected chi connectivity index (χ4v) is 4.19. The molecule has 1 atom stereocenters. The van der Waals surface area contributed by atoms with E-state index in [1.807, 2.05) is 0 Å². The molecule has 2 aromatic rings. The molecule has 1 fully saturated rings. The summed E-state index contributed by atoms with van der Waals surface area (Å²) < 4.78 is 19.7. The van der Waals surface area contributed by atoms with E-state index < -0.39 is 17.9 Å². The Labute approximate surface area is 186 Å². The van der Waals surface area contributed by atoms with Crippen LogP contribution in [0.4, 0.5) is 4.39 Å². The Hall–Kier alpha value is -2.20. The number of carbonyl (C=O) groups is 2. The van der Waals surface area contributed by atoms with Crippen LogP contribution in [-0.4, -0.2) is 44.0 Å². The van der Waals surface area contributed by atoms with Gasteiger partial charge >= 0.3 is 5.97 Å². The van der Waals surface area contributed by atoms with Gasteiger partial charge in [0.15, 0.2) is 6.10 Å². The lowest BCUT2D eigenvalue weighted by atomic mass is 10.1. The van der Waals surface area contributed by atoms with Gasteiger partial charge in [-0.2, -0.15) is 0 Å². The van der Waals surface area contributed by atoms with Crippen molar-refractivity contribution in [2.75, 3.05) is 6.54 Å². The molecule has 0 spiro atoms. The van der Waals surface area contributed by atoms with E-state index in [4.69, 9.17) is 33.3 Å². The van der Waals surface area contributed by atoms with Gasteiger partial charge in [-0.25, -0.2) is 9.18 Å². The highest BCUT2D eigenvalue weighted by molar-refractivity contribution is 8.26. The van der Waals surface area contributed by atoms with E-state index in [0.29, 0.717) is 45.7 Å². The molecule has 1 aliphatic rings. The second-order valence-electron chi connectivity index (χ2n) is 6.51. The molecule has 6 nitrogen and oxygen atoms in total. The number of hydrogen-bond donors (Lipinski definition) is 2. The van der Waals surface area contributed by atoms with Crippen LogP contribution in [0.5, 0.6) is 0 Å². The van der Waals surface area contributed by atoms with E-state index in [0.717, 1.165) is 11.8 Å². The number of rotatable bonds is 8. The zero-order chi connectivity index (χ0) is 21.8. The number of aliphatic hydroxyl groups is 1. The lowest BCUT2D eigenvalue weighted by Gasteiger charge is -2.14. The minimum Gasteiger partial charge on any atom is -0.479 e. The number of thiocarbonyl (C=S) groups is 1. The molecule has 1 saturated heterocycles. The number of aliphatic carboxylic acids is 1. The Kier molecular flexibility index (Phi) is 7.30. The number of nitrogens with zero attached hydrogens (tertiary/aromatic N) is 1. The fourth-order valence-electron chi connectivity index (χ4n) is 2.79. The van der Waals surface area contributed by atoms with Gasteiger partial charge in [0.2, 0.25) is 0 Å². The highest BCUT2D eigenvalue weighted by Crippen LogP contribution is 2.34. The largest absolute Gasteiger partial charge is 0.479 e. The van der Waals surface area contributed by atoms with Crippen LogP contribution >= 0.6 is 35.6 Å². The van der Waals surface area contributed by atoms with E-state index >= 15 is 0 Å². The Bertz CT molecular complexity index is 1020. The van der Waals surface area contributed by atoms with Crippen LogP contribution in [0.3, 0.4) is 0 Å². The smallest absolute Gasteiger partial charge is 0.332 e. The number of carbonyl (C=O) groups excluding carboxylic acids is 1. The summed E-state index contributed by atoms with van der Waals surface area (Å²) in [5.41, 5.74) is 0.521. The maximum Gasteiger partial charge on any atom is 0.332 e. The van der Waals surface area contributed by atoms with Crippen molar-refractivity contribution in [1.29, 1.82) is 0 Å². The van der Waals surface area contributed by atoms with Gasteiger partial charge in [-0.1, -0.05) is 35.6 Å². The van der Waals surface area contributed by atoms with Gasteiger partial charge < -0.3 is 14.6 Å². The van der Waals surface area contributed by atoms with Crippen molar-refractivity contribution in [3.05, 3.63) is 51.8 Å². The van der Waals surface area contributed by atoms with Crippen molar-refractivity contribution in [3.8, 4) is 11.3 Å². The number of furan rings is 1. The van der Waals surface area contributed by atoms with Gasteiger partial charge in [0.05, 0.1) is 9.93 Å². The summed E-state index contributed by atoms with van der Waals surface area (Å²) in [6.45, 7) is 0.335. The second kappa shape index (κ2) is 9.74. The van der Waals surface area contributed by atoms with Crippen molar-refractivity contribution >= 4 is 57.9 Å². The third-order valence-corrected chi connectivity index (χ3v) is 6.06. The number of amides is 1.